The molecule has 0 aliphatic carbocycles. The number of phenolic OH excluding ortho intramolecular Hbond substituents is 1. The van der Waals surface area contributed by atoms with E-state index < -0.39 is 5.97 Å². The predicted octanol–water partition coefficient (Wildman–Crippen LogP) is 4.94. The molecule has 1 aromatic heterocycles. The molecule has 0 bridgehead atoms. The number of carbonyl (C=O) groups excluding carboxylic acids is 2. The van der Waals surface area contributed by atoms with E-state index in [9.17, 15) is 19.5 Å². The first-order valence-corrected chi connectivity index (χ1v) is 12.9. The zero-order valence-electron chi connectivity index (χ0n) is 22.0. The maximum absolute atomic E-state index is 13.4. The van der Waals surface area contributed by atoms with E-state index in [2.05, 4.69) is 4.90 Å². The summed E-state index contributed by atoms with van der Waals surface area (Å²) in [5, 5.41) is 10.9. The van der Waals surface area contributed by atoms with Gasteiger partial charge in [0.25, 0.3) is 0 Å². The van der Waals surface area contributed by atoms with Crippen LogP contribution < -0.4 is 10.2 Å². The van der Waals surface area contributed by atoms with Crippen LogP contribution in [0.2, 0.25) is 0 Å². The number of aromatic hydroxyl groups is 1. The van der Waals surface area contributed by atoms with Gasteiger partial charge in [0.15, 0.2) is 0 Å². The number of likely N-dealkylation sites (tertiary alicyclic amines) is 1. The van der Waals surface area contributed by atoms with Crippen molar-refractivity contribution in [3.63, 3.8) is 0 Å². The zero-order chi connectivity index (χ0) is 27.2. The first-order chi connectivity index (χ1) is 18.3. The molecule has 3 aromatic rings. The minimum atomic E-state index is -0.419. The Bertz CT molecular complexity index is 1350. The third-order valence-corrected chi connectivity index (χ3v) is 6.60. The van der Waals surface area contributed by atoms with E-state index in [1.165, 1.54) is 12.1 Å². The SMILES string of the molecule is CCCOC(=O)c1ccc(Oc2c(C)oc3c(CN4CCC(C(=O)OCC)CC4)c(O)ccc3c2=O)cc1. The van der Waals surface area contributed by atoms with E-state index in [0.29, 0.717) is 73.5 Å². The summed E-state index contributed by atoms with van der Waals surface area (Å²) in [6, 6.07) is 9.34. The fourth-order valence-corrected chi connectivity index (χ4v) is 4.53. The van der Waals surface area contributed by atoms with Crippen LogP contribution in [0, 0.1) is 12.8 Å². The van der Waals surface area contributed by atoms with Crippen LogP contribution in [-0.2, 0) is 20.8 Å². The van der Waals surface area contributed by atoms with Gasteiger partial charge in [-0.25, -0.2) is 4.79 Å². The van der Waals surface area contributed by atoms with Crippen molar-refractivity contribution in [1.29, 1.82) is 0 Å². The van der Waals surface area contributed by atoms with Crippen LogP contribution in [0.3, 0.4) is 0 Å². The average molecular weight is 524 g/mol. The number of hydrogen-bond donors (Lipinski definition) is 1. The molecule has 2 aromatic carbocycles. The van der Waals surface area contributed by atoms with Crippen molar-refractivity contribution in [3.8, 4) is 17.2 Å². The quantitative estimate of drug-likeness (QED) is 0.389. The van der Waals surface area contributed by atoms with Crippen molar-refractivity contribution >= 4 is 22.9 Å². The van der Waals surface area contributed by atoms with Gasteiger partial charge in [0.05, 0.1) is 35.6 Å². The maximum Gasteiger partial charge on any atom is 0.338 e. The second-order valence-electron chi connectivity index (χ2n) is 9.32. The lowest BCUT2D eigenvalue weighted by atomic mass is 9.96. The molecule has 0 amide bonds. The molecule has 0 atom stereocenters. The van der Waals surface area contributed by atoms with Crippen LogP contribution in [0.1, 0.15) is 54.8 Å². The summed E-state index contributed by atoms with van der Waals surface area (Å²) in [5.41, 5.74) is 0.845. The number of carbonyl (C=O) groups is 2. The first kappa shape index (κ1) is 27.2. The van der Waals surface area contributed by atoms with E-state index >= 15 is 0 Å². The van der Waals surface area contributed by atoms with Gasteiger partial charge < -0.3 is 23.7 Å². The molecule has 2 heterocycles. The van der Waals surface area contributed by atoms with Crippen LogP contribution in [0.5, 0.6) is 17.2 Å². The van der Waals surface area contributed by atoms with Crippen molar-refractivity contribution in [1.82, 2.24) is 4.90 Å². The largest absolute Gasteiger partial charge is 0.507 e. The van der Waals surface area contributed by atoms with Crippen LogP contribution in [0.15, 0.2) is 45.6 Å². The summed E-state index contributed by atoms with van der Waals surface area (Å²) < 4.78 is 22.2. The lowest BCUT2D eigenvalue weighted by molar-refractivity contribution is -0.149. The number of hydrogen-bond acceptors (Lipinski definition) is 9. The van der Waals surface area contributed by atoms with Crippen molar-refractivity contribution in [2.75, 3.05) is 26.3 Å². The molecule has 202 valence electrons. The number of phenols is 1. The van der Waals surface area contributed by atoms with Gasteiger partial charge >= 0.3 is 11.9 Å². The van der Waals surface area contributed by atoms with Crippen molar-refractivity contribution in [3.05, 3.63) is 63.5 Å². The molecular weight excluding hydrogens is 490 g/mol. The number of rotatable bonds is 9. The molecule has 4 rings (SSSR count). The molecule has 1 aliphatic rings. The Kier molecular flexibility index (Phi) is 8.68. The van der Waals surface area contributed by atoms with Crippen LogP contribution in [-0.4, -0.2) is 48.2 Å². The predicted molar refractivity (Wildman–Crippen MR) is 141 cm³/mol. The normalized spacial score (nSPS) is 14.4. The topological polar surface area (TPSA) is 116 Å². The molecular formula is C29H33NO8. The summed E-state index contributed by atoms with van der Waals surface area (Å²) in [4.78, 5) is 39.6. The van der Waals surface area contributed by atoms with Gasteiger partial charge in [0, 0.05) is 6.54 Å². The molecule has 9 nitrogen and oxygen atoms in total. The maximum atomic E-state index is 13.4. The van der Waals surface area contributed by atoms with Gasteiger partial charge in [0.1, 0.15) is 22.8 Å². The fraction of sp³-hybridized carbons (Fsp3) is 0.414. The number of nitrogens with zero attached hydrogens (tertiary/aromatic N) is 1. The highest BCUT2D eigenvalue weighted by Gasteiger charge is 2.27. The fourth-order valence-electron chi connectivity index (χ4n) is 4.53. The highest BCUT2D eigenvalue weighted by molar-refractivity contribution is 5.89. The van der Waals surface area contributed by atoms with E-state index in [1.54, 1.807) is 38.1 Å². The Morgan fingerprint density at radius 2 is 1.76 bits per heavy atom. The highest BCUT2D eigenvalue weighted by Crippen LogP contribution is 2.32. The summed E-state index contributed by atoms with van der Waals surface area (Å²) in [5.74, 6) is -0.00423. The molecule has 1 fully saturated rings. The van der Waals surface area contributed by atoms with Crippen molar-refractivity contribution in [2.45, 2.75) is 46.6 Å². The molecule has 0 unspecified atom stereocenters. The lowest BCUT2D eigenvalue weighted by Gasteiger charge is -2.31. The second kappa shape index (κ2) is 12.1. The highest BCUT2D eigenvalue weighted by atomic mass is 16.5. The van der Waals surface area contributed by atoms with Crippen LogP contribution >= 0.6 is 0 Å². The Labute approximate surface area is 220 Å². The molecule has 1 saturated heterocycles. The van der Waals surface area contributed by atoms with Gasteiger partial charge in [0.2, 0.25) is 11.2 Å². The minimum absolute atomic E-state index is 0.0331. The Morgan fingerprint density at radius 1 is 1.05 bits per heavy atom. The Balaban J connectivity index is 1.54. The Hall–Kier alpha value is -3.85. The molecule has 0 spiro atoms. The number of fused-ring (bicyclic) bond motifs is 1. The van der Waals surface area contributed by atoms with Gasteiger partial charge in [-0.3, -0.25) is 14.5 Å². The average Bonchev–Trinajstić information content (AvgIpc) is 2.92. The summed E-state index contributed by atoms with van der Waals surface area (Å²) in [7, 11) is 0. The van der Waals surface area contributed by atoms with Crippen LogP contribution in [0.25, 0.3) is 11.0 Å². The lowest BCUT2D eigenvalue weighted by Crippen LogP contribution is -2.36. The molecule has 0 saturated carbocycles. The van der Waals surface area contributed by atoms with E-state index in [4.69, 9.17) is 18.6 Å². The molecule has 38 heavy (non-hydrogen) atoms. The van der Waals surface area contributed by atoms with Crippen LogP contribution in [0.4, 0.5) is 0 Å². The summed E-state index contributed by atoms with van der Waals surface area (Å²) >= 11 is 0. The van der Waals surface area contributed by atoms with Gasteiger partial charge in [-0.2, -0.15) is 0 Å². The molecule has 9 heteroatoms. The monoisotopic (exact) mass is 523 g/mol. The van der Waals surface area contributed by atoms with Crippen molar-refractivity contribution in [2.24, 2.45) is 5.92 Å². The zero-order valence-corrected chi connectivity index (χ0v) is 22.0. The van der Waals surface area contributed by atoms with Gasteiger partial charge in [-0.15, -0.1) is 0 Å². The summed E-state index contributed by atoms with van der Waals surface area (Å²) in [6.45, 7) is 7.75. The molecule has 1 N–H and O–H groups in total. The van der Waals surface area contributed by atoms with E-state index in [0.717, 1.165) is 6.42 Å². The first-order valence-electron chi connectivity index (χ1n) is 12.9. The third kappa shape index (κ3) is 5.99. The van der Waals surface area contributed by atoms with Gasteiger partial charge in [-0.1, -0.05) is 6.92 Å². The number of esters is 2. The second-order valence-corrected chi connectivity index (χ2v) is 9.32. The minimum Gasteiger partial charge on any atom is -0.507 e. The number of piperidine rings is 1. The Morgan fingerprint density at radius 3 is 2.42 bits per heavy atom. The summed E-state index contributed by atoms with van der Waals surface area (Å²) in [6.07, 6.45) is 2.07. The number of benzene rings is 2. The number of ether oxygens (including phenoxy) is 3. The van der Waals surface area contributed by atoms with Gasteiger partial charge in [-0.05, 0) is 82.6 Å². The third-order valence-electron chi connectivity index (χ3n) is 6.60. The molecule has 1 aliphatic heterocycles. The van der Waals surface area contributed by atoms with Crippen molar-refractivity contribution < 1.29 is 33.3 Å². The van der Waals surface area contributed by atoms with E-state index in [-0.39, 0.29) is 34.6 Å². The number of aryl methyl sites for hydroxylation is 1. The standard InChI is InChI=1S/C29H33NO8/c1-4-16-36-29(34)19-6-8-21(9-7-19)38-26-18(3)37-27-22(25(26)32)10-11-24(31)23(27)17-30-14-12-20(13-15-30)28(33)35-5-2/h6-11,20,31H,4-5,12-17H2,1-3H3. The smallest absolute Gasteiger partial charge is 0.338 e. The molecule has 0 radical (unpaired) electrons. The van der Waals surface area contributed by atoms with E-state index in [1.807, 2.05) is 6.92 Å².